The first-order valence-corrected chi connectivity index (χ1v) is 9.55. The highest BCUT2D eigenvalue weighted by molar-refractivity contribution is 6.12. The molecule has 5 atom stereocenters. The Balaban J connectivity index is 1.67. The molecule has 1 aromatic heterocycles. The van der Waals surface area contributed by atoms with Gasteiger partial charge < -0.3 is 9.47 Å². The Bertz CT molecular complexity index is 958. The summed E-state index contributed by atoms with van der Waals surface area (Å²) in [4.78, 5) is 32.4. The van der Waals surface area contributed by atoms with Gasteiger partial charge >= 0.3 is 0 Å². The summed E-state index contributed by atoms with van der Waals surface area (Å²) in [5.74, 6) is 0.494. The largest absolute Gasteiger partial charge is 0.497 e. The number of ether oxygens (including phenoxy) is 2. The van der Waals surface area contributed by atoms with Gasteiger partial charge in [0.25, 0.3) is 0 Å². The van der Waals surface area contributed by atoms with Gasteiger partial charge in [0, 0.05) is 36.5 Å². The van der Waals surface area contributed by atoms with Crippen molar-refractivity contribution in [1.82, 2.24) is 9.88 Å². The first-order chi connectivity index (χ1) is 13.1. The molecule has 4 fully saturated rings. The van der Waals surface area contributed by atoms with Crippen molar-refractivity contribution in [3.05, 3.63) is 36.0 Å². The second-order valence-electron chi connectivity index (χ2n) is 7.59. The third-order valence-corrected chi connectivity index (χ3v) is 6.39. The van der Waals surface area contributed by atoms with Crippen molar-refractivity contribution in [2.24, 2.45) is 5.92 Å². The maximum Gasteiger partial charge on any atom is 0.242 e. The van der Waals surface area contributed by atoms with E-state index >= 15 is 0 Å². The third kappa shape index (κ3) is 2.11. The van der Waals surface area contributed by atoms with E-state index in [1.807, 2.05) is 29.2 Å². The summed E-state index contributed by atoms with van der Waals surface area (Å²) in [6, 6.07) is 7.73. The van der Waals surface area contributed by atoms with Gasteiger partial charge in [-0.05, 0) is 42.7 Å². The number of hydrogen-bond acceptors (Lipinski definition) is 6. The van der Waals surface area contributed by atoms with Crippen molar-refractivity contribution in [3.63, 3.8) is 0 Å². The van der Waals surface area contributed by atoms with Gasteiger partial charge in [0.2, 0.25) is 5.72 Å². The third-order valence-electron chi connectivity index (χ3n) is 6.39. The molecule has 27 heavy (non-hydrogen) atoms. The molecule has 4 aliphatic heterocycles. The molecular formula is C21H22N2O4. The lowest BCUT2D eigenvalue weighted by atomic mass is 9.74. The van der Waals surface area contributed by atoms with Crippen LogP contribution in [0, 0.1) is 5.92 Å². The Labute approximate surface area is 157 Å². The van der Waals surface area contributed by atoms with Crippen LogP contribution < -0.4 is 4.74 Å². The predicted octanol–water partition coefficient (Wildman–Crippen LogP) is 2.65. The lowest BCUT2D eigenvalue weighted by Crippen LogP contribution is -2.68. The smallest absolute Gasteiger partial charge is 0.242 e. The summed E-state index contributed by atoms with van der Waals surface area (Å²) in [6.07, 6.45) is 3.29. The van der Waals surface area contributed by atoms with Crippen molar-refractivity contribution >= 4 is 22.5 Å². The molecule has 0 aliphatic carbocycles. The number of hydrogen-bond donors (Lipinski definition) is 0. The number of carbonyl (C=O) groups excluding carboxylic acids is 2. The van der Waals surface area contributed by atoms with Crippen molar-refractivity contribution in [1.29, 1.82) is 0 Å². The highest BCUT2D eigenvalue weighted by atomic mass is 16.6. The summed E-state index contributed by atoms with van der Waals surface area (Å²) in [5.41, 5.74) is 0.426. The maximum absolute atomic E-state index is 13.1. The van der Waals surface area contributed by atoms with Gasteiger partial charge in [-0.2, -0.15) is 0 Å². The Morgan fingerprint density at radius 1 is 1.41 bits per heavy atom. The molecule has 1 unspecified atom stereocenters. The van der Waals surface area contributed by atoms with Crippen LogP contribution >= 0.6 is 0 Å². The van der Waals surface area contributed by atoms with Gasteiger partial charge in [0.15, 0.2) is 11.6 Å². The van der Waals surface area contributed by atoms with Gasteiger partial charge in [-0.3, -0.25) is 19.5 Å². The van der Waals surface area contributed by atoms with Crippen molar-refractivity contribution in [3.8, 4) is 5.75 Å². The molecule has 6 rings (SSSR count). The van der Waals surface area contributed by atoms with Crippen LogP contribution in [0.3, 0.4) is 0 Å². The van der Waals surface area contributed by atoms with Crippen LogP contribution in [0.5, 0.6) is 5.75 Å². The molecule has 140 valence electrons. The van der Waals surface area contributed by atoms with Gasteiger partial charge in [-0.15, -0.1) is 0 Å². The Morgan fingerprint density at radius 2 is 2.26 bits per heavy atom. The first kappa shape index (κ1) is 16.8. The molecule has 0 spiro atoms. The molecule has 4 aliphatic rings. The molecule has 0 saturated carbocycles. The fourth-order valence-electron chi connectivity index (χ4n) is 5.12. The standard InChI is InChI=1S/C21H22N2O4/c1-3-18(24)21-20(25)12-7-9-23(21)17(10-12)19(27-21)14-6-8-22-16-5-4-13(26-2)11-15(14)16/h4-6,8,11-12,17,19H,3,7,9-10H2,1-2H3/t12-,17+,19-,21+/m0/s1. The zero-order chi connectivity index (χ0) is 18.8. The number of rotatable bonds is 4. The van der Waals surface area contributed by atoms with E-state index in [-0.39, 0.29) is 29.6 Å². The molecule has 5 heterocycles. The van der Waals surface area contributed by atoms with Gasteiger partial charge in [-0.1, -0.05) is 6.92 Å². The summed E-state index contributed by atoms with van der Waals surface area (Å²) < 4.78 is 11.8. The van der Waals surface area contributed by atoms with E-state index in [0.717, 1.165) is 41.6 Å². The number of carbonyl (C=O) groups is 2. The highest BCUT2D eigenvalue weighted by Crippen LogP contribution is 2.54. The Morgan fingerprint density at radius 3 is 3.04 bits per heavy atom. The number of nitrogens with zero attached hydrogens (tertiary/aromatic N) is 2. The van der Waals surface area contributed by atoms with Crippen molar-refractivity contribution in [2.45, 2.75) is 44.1 Å². The van der Waals surface area contributed by atoms with Crippen molar-refractivity contribution < 1.29 is 19.1 Å². The fourth-order valence-corrected chi connectivity index (χ4v) is 5.12. The molecule has 4 bridgehead atoms. The zero-order valence-corrected chi connectivity index (χ0v) is 15.5. The SMILES string of the molecule is CCC(=O)[C@]12O[C@@H](c3ccnc4ccc(OC)cc34)[C@H]3C[C@H](CCN31)C2=O. The summed E-state index contributed by atoms with van der Waals surface area (Å²) in [7, 11) is 1.63. The van der Waals surface area contributed by atoms with E-state index in [1.165, 1.54) is 0 Å². The molecule has 6 heteroatoms. The molecule has 2 aromatic rings. The minimum Gasteiger partial charge on any atom is -0.497 e. The number of benzene rings is 1. The molecule has 6 nitrogen and oxygen atoms in total. The molecule has 4 saturated heterocycles. The highest BCUT2D eigenvalue weighted by Gasteiger charge is 2.68. The van der Waals surface area contributed by atoms with Gasteiger partial charge in [-0.25, -0.2) is 0 Å². The van der Waals surface area contributed by atoms with E-state index in [0.29, 0.717) is 6.42 Å². The Hall–Kier alpha value is -2.31. The number of pyridine rings is 1. The normalized spacial score (nSPS) is 34.2. The molecular weight excluding hydrogens is 344 g/mol. The quantitative estimate of drug-likeness (QED) is 0.775. The maximum atomic E-state index is 13.1. The monoisotopic (exact) mass is 366 g/mol. The number of piperidine rings is 3. The molecule has 1 aromatic carbocycles. The number of methoxy groups -OCH3 is 1. The topological polar surface area (TPSA) is 68.7 Å². The second-order valence-corrected chi connectivity index (χ2v) is 7.59. The number of ketones is 2. The lowest BCUT2D eigenvalue weighted by molar-refractivity contribution is -0.183. The van der Waals surface area contributed by atoms with Crippen LogP contribution in [0.15, 0.2) is 30.5 Å². The predicted molar refractivity (Wildman–Crippen MR) is 98.4 cm³/mol. The van der Waals surface area contributed by atoms with Crippen LogP contribution in [0.2, 0.25) is 0 Å². The number of fused-ring (bicyclic) bond motifs is 2. The van der Waals surface area contributed by atoms with Crippen LogP contribution in [-0.2, 0) is 14.3 Å². The van der Waals surface area contributed by atoms with E-state index in [4.69, 9.17) is 9.47 Å². The average molecular weight is 366 g/mol. The summed E-state index contributed by atoms with van der Waals surface area (Å²) >= 11 is 0. The molecule has 0 radical (unpaired) electrons. The van der Waals surface area contributed by atoms with E-state index in [9.17, 15) is 9.59 Å². The molecule has 0 amide bonds. The average Bonchev–Trinajstić information content (AvgIpc) is 3.02. The van der Waals surface area contributed by atoms with Crippen molar-refractivity contribution in [2.75, 3.05) is 13.7 Å². The first-order valence-electron chi connectivity index (χ1n) is 9.55. The lowest BCUT2D eigenvalue weighted by Gasteiger charge is -2.48. The van der Waals surface area contributed by atoms with E-state index in [2.05, 4.69) is 4.98 Å². The van der Waals surface area contributed by atoms with Crippen LogP contribution in [0.1, 0.15) is 37.9 Å². The number of aromatic nitrogens is 1. The van der Waals surface area contributed by atoms with Gasteiger partial charge in [0.1, 0.15) is 11.9 Å². The van der Waals surface area contributed by atoms with E-state index in [1.54, 1.807) is 20.2 Å². The minimum atomic E-state index is -1.39. The van der Waals surface area contributed by atoms with Crippen LogP contribution in [0.4, 0.5) is 0 Å². The van der Waals surface area contributed by atoms with Gasteiger partial charge in [0.05, 0.1) is 12.6 Å². The molecule has 0 N–H and O–H groups in total. The van der Waals surface area contributed by atoms with E-state index < -0.39 is 5.72 Å². The summed E-state index contributed by atoms with van der Waals surface area (Å²) in [6.45, 7) is 2.53. The van der Waals surface area contributed by atoms with Crippen LogP contribution in [0.25, 0.3) is 10.9 Å². The Kier molecular flexibility index (Phi) is 3.64. The number of Topliss-reactive ketones (excluding diaryl/α,β-unsaturated/α-hetero) is 2. The second kappa shape index (κ2) is 5.84. The fraction of sp³-hybridized carbons (Fsp3) is 0.476. The van der Waals surface area contributed by atoms with Crippen LogP contribution in [-0.4, -0.2) is 46.9 Å². The minimum absolute atomic E-state index is 0.0359. The zero-order valence-electron chi connectivity index (χ0n) is 15.5. The summed E-state index contributed by atoms with van der Waals surface area (Å²) in [5, 5.41) is 0.943.